The fourth-order valence-corrected chi connectivity index (χ4v) is 2.91. The van der Waals surface area contributed by atoms with E-state index in [4.69, 9.17) is 13.7 Å². The second kappa shape index (κ2) is 6.34. The van der Waals surface area contributed by atoms with Crippen molar-refractivity contribution in [2.75, 3.05) is 25.6 Å². The highest BCUT2D eigenvalue weighted by Gasteiger charge is 2.24. The molecule has 110 valence electrons. The maximum Gasteiger partial charge on any atom is 0.311 e. The molecular formula is C13H16O6S. The number of carbonyl (C=O) groups excluding carboxylic acids is 1. The van der Waals surface area contributed by atoms with Gasteiger partial charge in [0.05, 0.1) is 25.9 Å². The Hall–Kier alpha value is -1.44. The first-order valence-corrected chi connectivity index (χ1v) is 7.76. The Morgan fingerprint density at radius 2 is 2.00 bits per heavy atom. The predicted molar refractivity (Wildman–Crippen MR) is 71.4 cm³/mol. The molecule has 1 aromatic rings. The summed E-state index contributed by atoms with van der Waals surface area (Å²) in [5, 5.41) is 0. The van der Waals surface area contributed by atoms with Crippen LogP contribution in [0.3, 0.4) is 0 Å². The molecule has 1 aromatic carbocycles. The van der Waals surface area contributed by atoms with E-state index in [1.807, 2.05) is 0 Å². The zero-order valence-electron chi connectivity index (χ0n) is 11.1. The molecule has 1 aliphatic heterocycles. The van der Waals surface area contributed by atoms with Crippen molar-refractivity contribution in [1.82, 2.24) is 0 Å². The summed E-state index contributed by atoms with van der Waals surface area (Å²) in [7, 11) is -3.76. The molecular weight excluding hydrogens is 284 g/mol. The van der Waals surface area contributed by atoms with E-state index in [2.05, 4.69) is 0 Å². The van der Waals surface area contributed by atoms with Gasteiger partial charge in [-0.05, 0) is 31.2 Å². The van der Waals surface area contributed by atoms with Crippen LogP contribution in [0, 0.1) is 0 Å². The molecule has 1 saturated heterocycles. The quantitative estimate of drug-likeness (QED) is 0.596. The van der Waals surface area contributed by atoms with E-state index in [1.165, 1.54) is 31.2 Å². The largest absolute Gasteiger partial charge is 0.382 e. The molecule has 2 rings (SSSR count). The van der Waals surface area contributed by atoms with E-state index in [0.29, 0.717) is 18.8 Å². The topological polar surface area (TPSA) is 78.9 Å². The standard InChI is InChI=1S/C13H16O6S/c1-10(14)11-2-4-12(5-3-11)19-20(15,16)9-13-8-17-6-7-18-13/h2-5,13H,6-9H2,1H3. The maximum absolute atomic E-state index is 11.9. The van der Waals surface area contributed by atoms with Gasteiger partial charge >= 0.3 is 10.1 Å². The van der Waals surface area contributed by atoms with Crippen molar-refractivity contribution in [2.24, 2.45) is 0 Å². The summed E-state index contributed by atoms with van der Waals surface area (Å²) in [6.45, 7) is 2.54. The molecule has 7 heteroatoms. The third-order valence-electron chi connectivity index (χ3n) is 2.76. The van der Waals surface area contributed by atoms with Crippen LogP contribution >= 0.6 is 0 Å². The third kappa shape index (κ3) is 4.29. The summed E-state index contributed by atoms with van der Waals surface area (Å²) in [5.74, 6) is -0.180. The van der Waals surface area contributed by atoms with E-state index >= 15 is 0 Å². The zero-order chi connectivity index (χ0) is 14.6. The molecule has 0 spiro atoms. The first-order valence-electron chi connectivity index (χ1n) is 6.19. The minimum absolute atomic E-state index is 0.0906. The number of hydrogen-bond donors (Lipinski definition) is 0. The number of ketones is 1. The summed E-state index contributed by atoms with van der Waals surface area (Å²) < 4.78 is 39.1. The molecule has 0 amide bonds. The molecule has 1 atom stereocenters. The van der Waals surface area contributed by atoms with Crippen molar-refractivity contribution < 1.29 is 26.9 Å². The molecule has 1 unspecified atom stereocenters. The van der Waals surface area contributed by atoms with Crippen LogP contribution < -0.4 is 4.18 Å². The summed E-state index contributed by atoms with van der Waals surface area (Å²) in [6, 6.07) is 5.94. The normalized spacial score (nSPS) is 19.6. The third-order valence-corrected chi connectivity index (χ3v) is 3.99. The predicted octanol–water partition coefficient (Wildman–Crippen LogP) is 1.01. The second-order valence-corrected chi connectivity index (χ2v) is 6.07. The SMILES string of the molecule is CC(=O)c1ccc(OS(=O)(=O)CC2COCCO2)cc1. The Balaban J connectivity index is 1.98. The van der Waals surface area contributed by atoms with Crippen molar-refractivity contribution in [3.8, 4) is 5.75 Å². The van der Waals surface area contributed by atoms with Crippen LogP contribution in [-0.4, -0.2) is 45.9 Å². The van der Waals surface area contributed by atoms with E-state index in [0.717, 1.165) is 0 Å². The van der Waals surface area contributed by atoms with E-state index in [-0.39, 0.29) is 23.9 Å². The molecule has 1 fully saturated rings. The molecule has 0 N–H and O–H groups in total. The smallest absolute Gasteiger partial charge is 0.311 e. The van der Waals surface area contributed by atoms with Crippen LogP contribution in [0.5, 0.6) is 5.75 Å². The van der Waals surface area contributed by atoms with Crippen LogP contribution in [0.4, 0.5) is 0 Å². The maximum atomic E-state index is 11.9. The minimum atomic E-state index is -3.76. The van der Waals surface area contributed by atoms with E-state index in [1.54, 1.807) is 0 Å². The lowest BCUT2D eigenvalue weighted by atomic mass is 10.1. The minimum Gasteiger partial charge on any atom is -0.382 e. The molecule has 0 radical (unpaired) electrons. The summed E-state index contributed by atoms with van der Waals surface area (Å²) in [6.07, 6.45) is -0.509. The number of Topliss-reactive ketones (excluding diaryl/α,β-unsaturated/α-hetero) is 1. The summed E-state index contributed by atoms with van der Waals surface area (Å²) in [5.41, 5.74) is 0.499. The fourth-order valence-electron chi connectivity index (χ4n) is 1.79. The molecule has 1 aliphatic rings. The number of ether oxygens (including phenoxy) is 2. The lowest BCUT2D eigenvalue weighted by molar-refractivity contribution is -0.0785. The second-order valence-electron chi connectivity index (χ2n) is 4.46. The van der Waals surface area contributed by atoms with Crippen molar-refractivity contribution in [2.45, 2.75) is 13.0 Å². The van der Waals surface area contributed by atoms with Gasteiger partial charge in [-0.15, -0.1) is 0 Å². The summed E-state index contributed by atoms with van der Waals surface area (Å²) >= 11 is 0. The van der Waals surface area contributed by atoms with Crippen molar-refractivity contribution in [3.05, 3.63) is 29.8 Å². The van der Waals surface area contributed by atoms with Crippen LogP contribution in [0.15, 0.2) is 24.3 Å². The van der Waals surface area contributed by atoms with Gasteiger partial charge in [-0.2, -0.15) is 8.42 Å². The van der Waals surface area contributed by atoms with Gasteiger partial charge in [0.2, 0.25) is 0 Å². The fraction of sp³-hybridized carbons (Fsp3) is 0.462. The van der Waals surface area contributed by atoms with Gasteiger partial charge in [-0.25, -0.2) is 0 Å². The first-order chi connectivity index (χ1) is 9.46. The number of hydrogen-bond acceptors (Lipinski definition) is 6. The molecule has 0 aliphatic carbocycles. The van der Waals surface area contributed by atoms with Crippen LogP contribution in [0.1, 0.15) is 17.3 Å². The van der Waals surface area contributed by atoms with Gasteiger partial charge in [0, 0.05) is 5.56 Å². The average Bonchev–Trinajstić information content (AvgIpc) is 2.39. The zero-order valence-corrected chi connectivity index (χ0v) is 11.9. The van der Waals surface area contributed by atoms with Crippen molar-refractivity contribution in [3.63, 3.8) is 0 Å². The van der Waals surface area contributed by atoms with Crippen LogP contribution in [0.2, 0.25) is 0 Å². The van der Waals surface area contributed by atoms with Gasteiger partial charge in [-0.1, -0.05) is 0 Å². The molecule has 6 nitrogen and oxygen atoms in total. The molecule has 0 saturated carbocycles. The van der Waals surface area contributed by atoms with Crippen molar-refractivity contribution in [1.29, 1.82) is 0 Å². The Morgan fingerprint density at radius 1 is 1.30 bits per heavy atom. The average molecular weight is 300 g/mol. The van der Waals surface area contributed by atoms with E-state index < -0.39 is 16.2 Å². The Labute approximate surface area is 117 Å². The highest BCUT2D eigenvalue weighted by atomic mass is 32.2. The molecule has 0 aromatic heterocycles. The first kappa shape index (κ1) is 15.0. The Bertz CT molecular complexity index is 557. The van der Waals surface area contributed by atoms with E-state index in [9.17, 15) is 13.2 Å². The molecule has 20 heavy (non-hydrogen) atoms. The molecule has 1 heterocycles. The van der Waals surface area contributed by atoms with Crippen molar-refractivity contribution >= 4 is 15.9 Å². The highest BCUT2D eigenvalue weighted by Crippen LogP contribution is 2.16. The monoisotopic (exact) mass is 300 g/mol. The van der Waals surface area contributed by atoms with Crippen LogP contribution in [-0.2, 0) is 19.6 Å². The van der Waals surface area contributed by atoms with Crippen LogP contribution in [0.25, 0.3) is 0 Å². The van der Waals surface area contributed by atoms with Gasteiger partial charge in [-0.3, -0.25) is 4.79 Å². The Morgan fingerprint density at radius 3 is 2.55 bits per heavy atom. The number of carbonyl (C=O) groups is 1. The number of benzene rings is 1. The Kier molecular flexibility index (Phi) is 4.74. The van der Waals surface area contributed by atoms with Gasteiger partial charge in [0.25, 0.3) is 0 Å². The highest BCUT2D eigenvalue weighted by molar-refractivity contribution is 7.87. The van der Waals surface area contributed by atoms with Gasteiger partial charge < -0.3 is 13.7 Å². The summed E-state index contributed by atoms with van der Waals surface area (Å²) in [4.78, 5) is 11.1. The van der Waals surface area contributed by atoms with Gasteiger partial charge in [0.15, 0.2) is 5.78 Å². The lowest BCUT2D eigenvalue weighted by Crippen LogP contribution is -2.35. The van der Waals surface area contributed by atoms with Gasteiger partial charge in [0.1, 0.15) is 11.5 Å². The lowest BCUT2D eigenvalue weighted by Gasteiger charge is -2.22. The number of rotatable bonds is 5. The molecule has 0 bridgehead atoms.